The first-order valence-corrected chi connectivity index (χ1v) is 12.8. The molecule has 2 heterocycles. The van der Waals surface area contributed by atoms with Crippen molar-refractivity contribution in [3.05, 3.63) is 103 Å². The van der Waals surface area contributed by atoms with Gasteiger partial charge in [-0.05, 0) is 48.0 Å². The molecule has 2 aliphatic rings. The molecule has 0 aliphatic carbocycles. The summed E-state index contributed by atoms with van der Waals surface area (Å²) in [6, 6.07) is 36.9. The third-order valence-corrected chi connectivity index (χ3v) is 9.11. The van der Waals surface area contributed by atoms with Gasteiger partial charge in [0.2, 0.25) is 0 Å². The predicted octanol–water partition coefficient (Wildman–Crippen LogP) is 6.15. The second-order valence-corrected chi connectivity index (χ2v) is 10.9. The number of hydrogen-bond donors (Lipinski definition) is 4. The molecular weight excluding hydrogens is 421 g/mol. The standard InChI is InChI=1S/C26H21B2N4P/c1-2-12-20(13-3-1)33(27-29-21-14-4-8-18-9-5-15-22(30-27)25(18)21)28-31-23-16-6-10-19-11-7-17-24(32-28)26(19)23/h1-17,29-32H. The van der Waals surface area contributed by atoms with Crippen molar-refractivity contribution in [2.45, 2.75) is 0 Å². The maximum atomic E-state index is 3.84. The molecule has 7 rings (SSSR count). The lowest BCUT2D eigenvalue weighted by Crippen LogP contribution is -2.48. The summed E-state index contributed by atoms with van der Waals surface area (Å²) >= 11 is 0. The van der Waals surface area contributed by atoms with Crippen LogP contribution in [0.3, 0.4) is 0 Å². The van der Waals surface area contributed by atoms with Crippen LogP contribution in [0.4, 0.5) is 22.7 Å². The Hall–Kier alpha value is -3.62. The maximum absolute atomic E-state index is 3.84. The number of nitrogens with one attached hydrogen (secondary N) is 4. The van der Waals surface area contributed by atoms with Crippen LogP contribution in [-0.2, 0) is 0 Å². The lowest BCUT2D eigenvalue weighted by atomic mass is 9.95. The van der Waals surface area contributed by atoms with E-state index < -0.39 is 7.68 Å². The molecule has 0 bridgehead atoms. The van der Waals surface area contributed by atoms with Crippen LogP contribution in [0.25, 0.3) is 21.5 Å². The molecule has 0 spiro atoms. The molecule has 5 aromatic rings. The van der Waals surface area contributed by atoms with Crippen LogP contribution in [0.15, 0.2) is 103 Å². The SMILES string of the molecule is c1ccc(P(B2Nc3cccc4cccc(c34)N2)B2Nc3cccc4cccc(c34)N2)cc1. The van der Waals surface area contributed by atoms with E-state index in [4.69, 9.17) is 0 Å². The van der Waals surface area contributed by atoms with E-state index in [1.807, 2.05) is 0 Å². The first-order chi connectivity index (χ1) is 16.3. The van der Waals surface area contributed by atoms with Crippen molar-refractivity contribution in [2.24, 2.45) is 0 Å². The molecule has 7 heteroatoms. The summed E-state index contributed by atoms with van der Waals surface area (Å²) in [6.45, 7) is 0.134. The molecule has 0 saturated heterocycles. The Labute approximate surface area is 194 Å². The molecule has 0 amide bonds. The van der Waals surface area contributed by atoms with Gasteiger partial charge in [0.1, 0.15) is 0 Å². The smallest absolute Gasteiger partial charge is 0.398 e. The lowest BCUT2D eigenvalue weighted by Gasteiger charge is -2.37. The van der Waals surface area contributed by atoms with Crippen LogP contribution in [0.5, 0.6) is 0 Å². The zero-order valence-corrected chi connectivity index (χ0v) is 18.8. The molecule has 0 fully saturated rings. The Kier molecular flexibility index (Phi) is 4.28. The van der Waals surface area contributed by atoms with Crippen LogP contribution >= 0.6 is 7.68 Å². The Bertz CT molecular complexity index is 1330. The highest BCUT2D eigenvalue weighted by Gasteiger charge is 2.42. The molecule has 0 radical (unpaired) electrons. The van der Waals surface area contributed by atoms with Crippen molar-refractivity contribution in [3.8, 4) is 0 Å². The van der Waals surface area contributed by atoms with Gasteiger partial charge in [-0.1, -0.05) is 78.9 Å². The Morgan fingerprint density at radius 2 is 0.818 bits per heavy atom. The van der Waals surface area contributed by atoms with E-state index in [9.17, 15) is 0 Å². The molecule has 2 aliphatic heterocycles. The second kappa shape index (κ2) is 7.47. The molecule has 0 saturated carbocycles. The fourth-order valence-electron chi connectivity index (χ4n) is 5.15. The van der Waals surface area contributed by atoms with Crippen molar-refractivity contribution in [3.63, 3.8) is 0 Å². The summed E-state index contributed by atoms with van der Waals surface area (Å²) in [6.07, 6.45) is 0. The van der Waals surface area contributed by atoms with E-state index in [2.05, 4.69) is 124 Å². The van der Waals surface area contributed by atoms with Crippen molar-refractivity contribution in [1.29, 1.82) is 0 Å². The van der Waals surface area contributed by atoms with Crippen molar-refractivity contribution >= 4 is 70.7 Å². The highest BCUT2D eigenvalue weighted by Crippen LogP contribution is 2.48. The van der Waals surface area contributed by atoms with E-state index in [0.29, 0.717) is 0 Å². The van der Waals surface area contributed by atoms with Gasteiger partial charge in [-0.2, -0.15) is 0 Å². The Morgan fingerprint density at radius 3 is 1.21 bits per heavy atom. The third kappa shape index (κ3) is 3.06. The van der Waals surface area contributed by atoms with Crippen LogP contribution in [0, 0.1) is 0 Å². The van der Waals surface area contributed by atoms with Gasteiger partial charge in [-0.25, -0.2) is 0 Å². The summed E-state index contributed by atoms with van der Waals surface area (Å²) in [5.74, 6) is 0. The summed E-state index contributed by atoms with van der Waals surface area (Å²) in [7, 11) is -0.751. The van der Waals surface area contributed by atoms with Crippen LogP contribution in [0.1, 0.15) is 0 Å². The Morgan fingerprint density at radius 1 is 0.424 bits per heavy atom. The van der Waals surface area contributed by atoms with E-state index >= 15 is 0 Å². The number of hydrogen-bond acceptors (Lipinski definition) is 4. The number of benzene rings is 5. The summed E-state index contributed by atoms with van der Waals surface area (Å²) in [5, 5.41) is 21.7. The minimum absolute atomic E-state index is 0.0670. The minimum Gasteiger partial charge on any atom is -0.405 e. The van der Waals surface area contributed by atoms with Gasteiger partial charge < -0.3 is 20.9 Å². The van der Waals surface area contributed by atoms with Gasteiger partial charge in [0, 0.05) is 33.5 Å². The number of rotatable bonds is 3. The zero-order chi connectivity index (χ0) is 21.8. The van der Waals surface area contributed by atoms with Crippen LogP contribution < -0.4 is 26.2 Å². The van der Waals surface area contributed by atoms with Crippen molar-refractivity contribution in [1.82, 2.24) is 0 Å². The highest BCUT2D eigenvalue weighted by molar-refractivity contribution is 8.18. The van der Waals surface area contributed by atoms with Gasteiger partial charge in [0.05, 0.1) is 0 Å². The summed E-state index contributed by atoms with van der Waals surface area (Å²) in [4.78, 5) is 0. The van der Waals surface area contributed by atoms with Crippen LogP contribution in [0.2, 0.25) is 0 Å². The molecule has 33 heavy (non-hydrogen) atoms. The average Bonchev–Trinajstić information content (AvgIpc) is 2.86. The molecule has 156 valence electrons. The number of anilines is 4. The fraction of sp³-hybridized carbons (Fsp3) is 0. The van der Waals surface area contributed by atoms with Gasteiger partial charge in [0.15, 0.2) is 0 Å². The normalized spacial score (nSPS) is 14.0. The van der Waals surface area contributed by atoms with Gasteiger partial charge in [-0.3, -0.25) is 0 Å². The molecule has 0 atom stereocenters. The summed E-state index contributed by atoms with van der Waals surface area (Å²) < 4.78 is 0. The topological polar surface area (TPSA) is 48.1 Å². The van der Waals surface area contributed by atoms with Gasteiger partial charge in [-0.15, -0.1) is 0 Å². The highest BCUT2D eigenvalue weighted by atomic mass is 31.1. The van der Waals surface area contributed by atoms with Gasteiger partial charge >= 0.3 is 13.4 Å². The second-order valence-electron chi connectivity index (χ2n) is 8.54. The largest absolute Gasteiger partial charge is 0.405 e. The molecule has 5 aromatic carbocycles. The molecule has 0 unspecified atom stereocenters. The van der Waals surface area contributed by atoms with Crippen molar-refractivity contribution in [2.75, 3.05) is 20.9 Å². The first kappa shape index (κ1) is 18.9. The minimum atomic E-state index is -0.751. The third-order valence-electron chi connectivity index (χ3n) is 6.59. The fourth-order valence-corrected chi connectivity index (χ4v) is 7.67. The average molecular weight is 442 g/mol. The van der Waals surface area contributed by atoms with Crippen molar-refractivity contribution < 1.29 is 0 Å². The van der Waals surface area contributed by atoms with E-state index in [1.165, 1.54) is 49.6 Å². The molecule has 4 nitrogen and oxygen atoms in total. The van der Waals surface area contributed by atoms with Crippen LogP contribution in [-0.4, -0.2) is 13.4 Å². The van der Waals surface area contributed by atoms with Gasteiger partial charge in [0.25, 0.3) is 0 Å². The monoisotopic (exact) mass is 442 g/mol. The molecule has 4 N–H and O–H groups in total. The van der Waals surface area contributed by atoms with E-state index in [0.717, 1.165) is 0 Å². The predicted molar refractivity (Wildman–Crippen MR) is 147 cm³/mol. The Balaban J connectivity index is 1.33. The van der Waals surface area contributed by atoms with E-state index in [1.54, 1.807) is 0 Å². The van der Waals surface area contributed by atoms with E-state index in [-0.39, 0.29) is 13.4 Å². The summed E-state index contributed by atoms with van der Waals surface area (Å²) in [5.41, 5.74) is 4.75. The molecule has 0 aromatic heterocycles. The lowest BCUT2D eigenvalue weighted by molar-refractivity contribution is 1.62. The maximum Gasteiger partial charge on any atom is 0.398 e. The quantitative estimate of drug-likeness (QED) is 0.200. The first-order valence-electron chi connectivity index (χ1n) is 11.3. The molecular formula is C26H21B2N4P. The zero-order valence-electron chi connectivity index (χ0n) is 17.9.